The molecule has 3 aromatic heterocycles. The first-order valence-electron chi connectivity index (χ1n) is 35.0. The van der Waals surface area contributed by atoms with Gasteiger partial charge in [-0.05, 0) is 312 Å². The fourth-order valence-corrected chi connectivity index (χ4v) is 12.7. The van der Waals surface area contributed by atoms with Gasteiger partial charge in [0.15, 0.2) is 0 Å². The Morgan fingerprint density at radius 2 is 0.990 bits per heavy atom. The first kappa shape index (κ1) is 77.0. The van der Waals surface area contributed by atoms with Crippen LogP contribution in [0.5, 0.6) is 0 Å². The van der Waals surface area contributed by atoms with Crippen molar-refractivity contribution < 1.29 is 42.8 Å². The number of benzene rings is 6. The molecule has 0 aliphatic carbocycles. The maximum atomic E-state index is 12.5. The lowest BCUT2D eigenvalue weighted by Gasteiger charge is -2.32. The molecule has 6 N–H and O–H groups in total. The molecule has 6 heterocycles. The second kappa shape index (κ2) is 32.0. The third kappa shape index (κ3) is 18.4. The zero-order valence-corrected chi connectivity index (χ0v) is 64.8. The molecule has 3 aliphatic rings. The minimum absolute atomic E-state index is 0.0329. The van der Waals surface area contributed by atoms with E-state index >= 15 is 0 Å². The van der Waals surface area contributed by atoms with E-state index in [1.807, 2.05) is 166 Å². The molecule has 5 amide bonds. The van der Waals surface area contributed by atoms with E-state index in [9.17, 15) is 24.0 Å². The molecule has 538 valence electrons. The highest BCUT2D eigenvalue weighted by Crippen LogP contribution is 2.40. The van der Waals surface area contributed by atoms with Crippen LogP contribution in [0.3, 0.4) is 0 Å². The SMILES string of the molecule is CC(C)(C)OC(=O)N1CC=C(B2OC(C)(C)C(C)(C)O2)CC1.CCNC(=O)c1cc(C)c(C)c(-c2ccc3c(C4=CCN(C(=O)OC(C)(C)C)CC4)n[nH]c3c2)c1.CCNC(=O)c1cc(C)c(C)c(-c2ccc3c(I)[nH]nc3c2)c1.CCNC(=O)c1cc(C)c(C)c(-c2ccc3cn[nH]c3c2)c1. The van der Waals surface area contributed by atoms with Crippen LogP contribution in [0.1, 0.15) is 173 Å². The maximum absolute atomic E-state index is 12.5. The van der Waals surface area contributed by atoms with Gasteiger partial charge in [0.05, 0.1) is 39.6 Å². The number of ether oxygens (including phenoxy) is 2. The molecule has 20 nitrogen and oxygen atoms in total. The molecular formula is C80H99BIN11O9. The lowest BCUT2D eigenvalue weighted by Crippen LogP contribution is -2.41. The van der Waals surface area contributed by atoms with Crippen molar-refractivity contribution in [2.24, 2.45) is 0 Å². The number of nitrogens with one attached hydrogen (secondary N) is 6. The van der Waals surface area contributed by atoms with E-state index in [0.29, 0.717) is 68.9 Å². The number of carbonyl (C=O) groups is 5. The Hall–Kier alpha value is -9.13. The van der Waals surface area contributed by atoms with Crippen molar-refractivity contribution in [1.29, 1.82) is 0 Å². The normalized spacial score (nSPS) is 14.9. The lowest BCUT2D eigenvalue weighted by molar-refractivity contribution is 0.00578. The van der Waals surface area contributed by atoms with Crippen molar-refractivity contribution in [3.63, 3.8) is 0 Å². The predicted molar refractivity (Wildman–Crippen MR) is 417 cm³/mol. The number of aromatic nitrogens is 6. The summed E-state index contributed by atoms with van der Waals surface area (Å²) in [6.07, 6.45) is 6.80. The van der Waals surface area contributed by atoms with Crippen LogP contribution in [0, 0.1) is 45.2 Å². The van der Waals surface area contributed by atoms with E-state index < -0.39 is 11.2 Å². The van der Waals surface area contributed by atoms with Crippen LogP contribution in [0.15, 0.2) is 115 Å². The Morgan fingerprint density at radius 3 is 1.43 bits per heavy atom. The van der Waals surface area contributed by atoms with Gasteiger partial charge in [-0.1, -0.05) is 36.4 Å². The zero-order valence-electron chi connectivity index (χ0n) is 62.6. The number of aromatic amines is 3. The maximum Gasteiger partial charge on any atom is 0.490 e. The van der Waals surface area contributed by atoms with Gasteiger partial charge in [-0.3, -0.25) is 29.7 Å². The van der Waals surface area contributed by atoms with E-state index in [1.54, 1.807) is 9.80 Å². The minimum Gasteiger partial charge on any atom is -0.444 e. The van der Waals surface area contributed by atoms with Gasteiger partial charge in [0.1, 0.15) is 14.9 Å². The second-order valence-corrected chi connectivity index (χ2v) is 30.3. The van der Waals surface area contributed by atoms with Crippen LogP contribution >= 0.6 is 22.6 Å². The van der Waals surface area contributed by atoms with Crippen molar-refractivity contribution in [1.82, 2.24) is 56.3 Å². The summed E-state index contributed by atoms with van der Waals surface area (Å²) in [6.45, 7) is 41.7. The van der Waals surface area contributed by atoms with Gasteiger partial charge in [0.25, 0.3) is 17.7 Å². The van der Waals surface area contributed by atoms with E-state index in [4.69, 9.17) is 18.8 Å². The van der Waals surface area contributed by atoms with Crippen molar-refractivity contribution in [3.8, 4) is 33.4 Å². The summed E-state index contributed by atoms with van der Waals surface area (Å²) in [4.78, 5) is 64.6. The number of amides is 5. The van der Waals surface area contributed by atoms with Gasteiger partial charge >= 0.3 is 19.3 Å². The predicted octanol–water partition coefficient (Wildman–Crippen LogP) is 16.6. The van der Waals surface area contributed by atoms with Crippen molar-refractivity contribution >= 4 is 97.9 Å². The Bertz CT molecular complexity index is 4670. The summed E-state index contributed by atoms with van der Waals surface area (Å²) in [5.41, 5.74) is 19.7. The molecule has 102 heavy (non-hydrogen) atoms. The van der Waals surface area contributed by atoms with E-state index in [-0.39, 0.29) is 48.2 Å². The molecule has 1 fully saturated rings. The van der Waals surface area contributed by atoms with Gasteiger partial charge < -0.3 is 44.5 Å². The van der Waals surface area contributed by atoms with Gasteiger partial charge in [0.2, 0.25) is 0 Å². The first-order chi connectivity index (χ1) is 48.1. The standard InChI is InChI=1S/C28H34N4O3.C18H18IN3O.C18H19N3O.C16H28BNO4/c1-7-29-26(33)21-14-17(2)18(3)23(15-21)20-8-9-22-24(16-20)30-31-25(22)19-10-12-32(13-11-19)27(34)35-28(4,5)6;1-4-20-18(23)13-7-10(2)11(3)15(8-13)12-5-6-14-16(9-12)21-22-17(14)19;1-4-19-18(22)15-7-11(2)12(3)16(8-15)13-5-6-14-10-20-21-17(14)9-13;1-14(2,3)20-13(19)18-10-8-12(9-11-18)17-21-15(4,5)16(6,7)22-17/h8-10,14-16H,7,11-13H2,1-6H3,(H,29,33)(H,30,31);5-9H,4H2,1-3H3,(H,20,23)(H,21,22);5-10H,4H2,1-3H3,(H,19,22)(H,20,21);8H,9-11H2,1-7H3. The van der Waals surface area contributed by atoms with Crippen LogP contribution in [0.4, 0.5) is 9.59 Å². The van der Waals surface area contributed by atoms with Crippen LogP contribution in [-0.4, -0.2) is 146 Å². The van der Waals surface area contributed by atoms with E-state index in [0.717, 1.165) is 115 Å². The number of carbonyl (C=O) groups excluding carboxylic acids is 5. The monoisotopic (exact) mass is 1500 g/mol. The number of aryl methyl sites for hydroxylation is 3. The summed E-state index contributed by atoms with van der Waals surface area (Å²) in [6, 6.07) is 30.4. The summed E-state index contributed by atoms with van der Waals surface area (Å²) in [5, 5.41) is 34.0. The van der Waals surface area contributed by atoms with Crippen LogP contribution in [-0.2, 0) is 18.8 Å². The van der Waals surface area contributed by atoms with Gasteiger partial charge in [-0.15, -0.1) is 0 Å². The molecule has 3 aliphatic heterocycles. The fourth-order valence-electron chi connectivity index (χ4n) is 12.1. The average molecular weight is 1500 g/mol. The molecule has 0 radical (unpaired) electrons. The van der Waals surface area contributed by atoms with E-state index in [1.165, 1.54) is 11.1 Å². The number of hydrogen-bond acceptors (Lipinski definition) is 12. The van der Waals surface area contributed by atoms with Crippen molar-refractivity contribution in [2.45, 2.75) is 167 Å². The quantitative estimate of drug-likeness (QED) is 0.0523. The van der Waals surface area contributed by atoms with E-state index in [2.05, 4.69) is 145 Å². The molecule has 0 unspecified atom stereocenters. The lowest BCUT2D eigenvalue weighted by atomic mass is 9.75. The highest BCUT2D eigenvalue weighted by molar-refractivity contribution is 14.1. The highest BCUT2D eigenvalue weighted by atomic mass is 127. The second-order valence-electron chi connectivity index (χ2n) is 29.2. The molecule has 12 rings (SSSR count). The third-order valence-electron chi connectivity index (χ3n) is 18.9. The molecular weight excluding hydrogens is 1400 g/mol. The minimum atomic E-state index is -0.507. The number of nitrogens with zero attached hydrogens (tertiary/aromatic N) is 5. The van der Waals surface area contributed by atoms with Crippen LogP contribution < -0.4 is 16.0 Å². The molecule has 22 heteroatoms. The Kier molecular flexibility index (Phi) is 24.2. The highest BCUT2D eigenvalue weighted by Gasteiger charge is 2.52. The largest absolute Gasteiger partial charge is 0.490 e. The topological polar surface area (TPSA) is 251 Å². The Labute approximate surface area is 613 Å². The van der Waals surface area contributed by atoms with Crippen LogP contribution in [0.25, 0.3) is 71.7 Å². The summed E-state index contributed by atoms with van der Waals surface area (Å²) < 4.78 is 24.0. The number of H-pyrrole nitrogens is 3. The Balaban J connectivity index is 0.000000162. The molecule has 0 spiro atoms. The third-order valence-corrected chi connectivity index (χ3v) is 19.7. The Morgan fingerprint density at radius 1 is 0.549 bits per heavy atom. The molecule has 0 saturated carbocycles. The fraction of sp³-hybridized carbons (Fsp3) is 0.400. The number of rotatable bonds is 11. The van der Waals surface area contributed by atoms with Crippen molar-refractivity contribution in [3.05, 3.63) is 174 Å². The van der Waals surface area contributed by atoms with Gasteiger partial charge in [-0.25, -0.2) is 9.59 Å². The van der Waals surface area contributed by atoms with Crippen molar-refractivity contribution in [2.75, 3.05) is 45.8 Å². The van der Waals surface area contributed by atoms with Crippen LogP contribution in [0.2, 0.25) is 0 Å². The summed E-state index contributed by atoms with van der Waals surface area (Å²) >= 11 is 2.24. The van der Waals surface area contributed by atoms with Gasteiger partial charge in [-0.2, -0.15) is 15.3 Å². The number of hydrogen-bond donors (Lipinski definition) is 6. The molecule has 9 aromatic rings. The molecule has 0 bridgehead atoms. The number of fused-ring (bicyclic) bond motifs is 3. The molecule has 0 atom stereocenters. The zero-order chi connectivity index (χ0) is 74.3. The number of halogens is 1. The summed E-state index contributed by atoms with van der Waals surface area (Å²) in [7, 11) is -0.314. The molecule has 1 saturated heterocycles. The van der Waals surface area contributed by atoms with Gasteiger partial charge in [0, 0.05) is 78.7 Å². The summed E-state index contributed by atoms with van der Waals surface area (Å²) in [5.74, 6) is -0.131. The smallest absolute Gasteiger partial charge is 0.444 e. The first-order valence-corrected chi connectivity index (χ1v) is 36.1. The molecule has 6 aromatic carbocycles. The average Bonchev–Trinajstić information content (AvgIpc) is 1.47.